The molecule has 2 unspecified atom stereocenters. The van der Waals surface area contributed by atoms with Gasteiger partial charge in [-0.2, -0.15) is 0 Å². The fraction of sp³-hybridized carbons (Fsp3) is 0.594. The van der Waals surface area contributed by atoms with E-state index < -0.39 is 87.9 Å². The van der Waals surface area contributed by atoms with Gasteiger partial charge in [-0.1, -0.05) is 26.3 Å². The number of ether oxygens (including phenoxy) is 4. The highest BCUT2D eigenvalue weighted by Crippen LogP contribution is 2.72. The Labute approximate surface area is 257 Å². The molecule has 45 heavy (non-hydrogen) atoms. The summed E-state index contributed by atoms with van der Waals surface area (Å²) in [6.07, 6.45) is -1.81. The first-order valence-electron chi connectivity index (χ1n) is 15.1. The first-order valence-corrected chi connectivity index (χ1v) is 15.1. The van der Waals surface area contributed by atoms with Crippen LogP contribution in [-0.4, -0.2) is 70.3 Å². The van der Waals surface area contributed by atoms with E-state index in [0.717, 1.165) is 18.2 Å². The van der Waals surface area contributed by atoms with Crippen molar-refractivity contribution in [1.82, 2.24) is 0 Å². The minimum Gasteiger partial charge on any atom is -0.426 e. The highest BCUT2D eigenvalue weighted by atomic mass is 19.1. The van der Waals surface area contributed by atoms with E-state index in [2.05, 4.69) is 0 Å². The van der Waals surface area contributed by atoms with Crippen molar-refractivity contribution < 1.29 is 52.1 Å². The van der Waals surface area contributed by atoms with E-state index in [0.29, 0.717) is 12.8 Å². The summed E-state index contributed by atoms with van der Waals surface area (Å²) in [5.41, 5.74) is -7.13. The lowest BCUT2D eigenvalue weighted by atomic mass is 9.44. The van der Waals surface area contributed by atoms with Crippen molar-refractivity contribution >= 4 is 23.4 Å². The summed E-state index contributed by atoms with van der Waals surface area (Å²) in [5.74, 6) is -2.88. The fourth-order valence-corrected chi connectivity index (χ4v) is 8.88. The van der Waals surface area contributed by atoms with Crippen LogP contribution in [0.1, 0.15) is 52.9 Å². The molecule has 0 bridgehead atoms. The van der Waals surface area contributed by atoms with Crippen LogP contribution in [0, 0.1) is 32.8 Å². The minimum absolute atomic E-state index is 0.00386. The van der Waals surface area contributed by atoms with Crippen molar-refractivity contribution in [1.29, 1.82) is 0 Å². The molecule has 1 aromatic carbocycles. The first-order chi connectivity index (χ1) is 21.2. The molecule has 0 amide bonds. The smallest absolute Gasteiger partial charge is 0.426 e. The number of nitro benzene ring substituents is 1. The number of alkyl halides is 2. The molecular formula is C32H35F2NO10. The van der Waals surface area contributed by atoms with Gasteiger partial charge in [0.1, 0.15) is 11.9 Å². The number of fused-ring (bicyclic) bond motifs is 7. The molecule has 10 atom stereocenters. The van der Waals surface area contributed by atoms with Crippen molar-refractivity contribution in [2.45, 2.75) is 88.8 Å². The molecule has 1 aromatic rings. The number of ketones is 2. The van der Waals surface area contributed by atoms with Crippen molar-refractivity contribution in [2.75, 3.05) is 6.61 Å². The van der Waals surface area contributed by atoms with Gasteiger partial charge in [-0.05, 0) is 68.4 Å². The Kier molecular flexibility index (Phi) is 7.52. The summed E-state index contributed by atoms with van der Waals surface area (Å²) in [6, 6.07) is 4.69. The molecule has 1 aliphatic heterocycles. The number of aliphatic hydroxyl groups is 1. The second-order valence-electron chi connectivity index (χ2n) is 13.1. The third kappa shape index (κ3) is 4.41. The van der Waals surface area contributed by atoms with Crippen LogP contribution < -0.4 is 4.74 Å². The molecule has 6 rings (SSSR count). The summed E-state index contributed by atoms with van der Waals surface area (Å²) in [5, 5.41) is 22.5. The zero-order chi connectivity index (χ0) is 32.5. The molecule has 11 nitrogen and oxygen atoms in total. The van der Waals surface area contributed by atoms with Gasteiger partial charge >= 0.3 is 6.16 Å². The number of hydrogen-bond donors (Lipinski definition) is 1. The predicted octanol–water partition coefficient (Wildman–Crippen LogP) is 4.89. The SMILES string of the molecule is CCCC1OC2C[C@H]3[C@@H]4C[C@H](F)C5=CC(=O)C=C[C@]5(C)[C@@]4(F)[C@@H](O)C[C@]3(C)[C@]2(C(=O)COC(=O)Oc2ccc([N+](=O)[O-])cc2)O1. The number of halogens is 2. The van der Waals surface area contributed by atoms with E-state index >= 15 is 8.78 Å². The quantitative estimate of drug-likeness (QED) is 0.191. The molecule has 0 spiro atoms. The summed E-state index contributed by atoms with van der Waals surface area (Å²) in [7, 11) is 0. The number of aliphatic hydroxyl groups excluding tert-OH is 1. The average Bonchev–Trinajstić information content (AvgIpc) is 3.47. The van der Waals surface area contributed by atoms with Crippen molar-refractivity contribution in [2.24, 2.45) is 22.7 Å². The Morgan fingerprint density at radius 3 is 2.56 bits per heavy atom. The molecule has 0 radical (unpaired) electrons. The predicted molar refractivity (Wildman–Crippen MR) is 151 cm³/mol. The number of allylic oxidation sites excluding steroid dienone is 4. The van der Waals surface area contributed by atoms with E-state index in [4.69, 9.17) is 18.9 Å². The zero-order valence-electron chi connectivity index (χ0n) is 25.1. The maximum Gasteiger partial charge on any atom is 0.514 e. The third-order valence-corrected chi connectivity index (χ3v) is 10.9. The number of carbonyl (C=O) groups is 3. The van der Waals surface area contributed by atoms with Crippen LogP contribution >= 0.6 is 0 Å². The first kappa shape index (κ1) is 31.4. The van der Waals surface area contributed by atoms with E-state index in [-0.39, 0.29) is 36.3 Å². The highest BCUT2D eigenvalue weighted by Gasteiger charge is 2.80. The molecular weight excluding hydrogens is 596 g/mol. The van der Waals surface area contributed by atoms with Crippen LogP contribution in [0.15, 0.2) is 48.1 Å². The van der Waals surface area contributed by atoms with E-state index in [1.165, 1.54) is 31.2 Å². The number of benzene rings is 1. The topological polar surface area (TPSA) is 152 Å². The van der Waals surface area contributed by atoms with Crippen LogP contribution in [0.25, 0.3) is 0 Å². The molecule has 13 heteroatoms. The van der Waals surface area contributed by atoms with E-state index in [1.807, 2.05) is 6.92 Å². The molecule has 3 saturated carbocycles. The molecule has 4 aliphatic carbocycles. The van der Waals surface area contributed by atoms with Crippen molar-refractivity contribution in [3.05, 3.63) is 58.2 Å². The third-order valence-electron chi connectivity index (χ3n) is 10.9. The second kappa shape index (κ2) is 10.8. The Balaban J connectivity index is 1.29. The van der Waals surface area contributed by atoms with Crippen molar-refractivity contribution in [3.63, 3.8) is 0 Å². The van der Waals surface area contributed by atoms with Gasteiger partial charge in [0.25, 0.3) is 5.69 Å². The van der Waals surface area contributed by atoms with Gasteiger partial charge in [0.2, 0.25) is 5.78 Å². The van der Waals surface area contributed by atoms with Gasteiger partial charge in [0.05, 0.1) is 17.1 Å². The van der Waals surface area contributed by atoms with Gasteiger partial charge < -0.3 is 24.1 Å². The Hall–Kier alpha value is -3.55. The maximum absolute atomic E-state index is 17.6. The molecule has 1 saturated heterocycles. The number of nitrogens with zero attached hydrogens (tertiary/aromatic N) is 1. The number of non-ortho nitro benzene ring substituents is 1. The van der Waals surface area contributed by atoms with Crippen LogP contribution in [0.5, 0.6) is 5.75 Å². The van der Waals surface area contributed by atoms with Crippen LogP contribution in [0.3, 0.4) is 0 Å². The van der Waals surface area contributed by atoms with Gasteiger partial charge in [-0.15, -0.1) is 0 Å². The molecule has 1 heterocycles. The highest BCUT2D eigenvalue weighted by molar-refractivity contribution is 6.01. The average molecular weight is 632 g/mol. The van der Waals surface area contributed by atoms with E-state index in [1.54, 1.807) is 6.92 Å². The summed E-state index contributed by atoms with van der Waals surface area (Å²) >= 11 is 0. The number of carbonyl (C=O) groups excluding carboxylic acids is 3. The normalized spacial score (nSPS) is 41.3. The summed E-state index contributed by atoms with van der Waals surface area (Å²) in [6.45, 7) is 4.33. The molecule has 1 N–H and O–H groups in total. The molecule has 5 aliphatic rings. The number of nitro groups is 1. The second-order valence-corrected chi connectivity index (χ2v) is 13.1. The van der Waals surface area contributed by atoms with E-state index in [9.17, 15) is 29.6 Å². The Morgan fingerprint density at radius 1 is 1.18 bits per heavy atom. The zero-order valence-corrected chi connectivity index (χ0v) is 25.1. The van der Waals surface area contributed by atoms with Crippen LogP contribution in [-0.2, 0) is 23.8 Å². The summed E-state index contributed by atoms with van der Waals surface area (Å²) in [4.78, 5) is 49.0. The van der Waals surface area contributed by atoms with Gasteiger partial charge in [-0.25, -0.2) is 13.6 Å². The van der Waals surface area contributed by atoms with Crippen LogP contribution in [0.4, 0.5) is 19.3 Å². The van der Waals surface area contributed by atoms with Crippen LogP contribution in [0.2, 0.25) is 0 Å². The number of rotatable bonds is 7. The maximum atomic E-state index is 17.6. The lowest BCUT2D eigenvalue weighted by molar-refractivity contribution is -0.384. The fourth-order valence-electron chi connectivity index (χ4n) is 8.88. The van der Waals surface area contributed by atoms with Gasteiger partial charge in [0.15, 0.2) is 29.9 Å². The minimum atomic E-state index is -2.35. The Bertz CT molecular complexity index is 1500. The number of hydrogen-bond acceptors (Lipinski definition) is 10. The van der Waals surface area contributed by atoms with Gasteiger partial charge in [0, 0.05) is 28.9 Å². The summed E-state index contributed by atoms with van der Waals surface area (Å²) < 4.78 is 56.2. The lowest BCUT2D eigenvalue weighted by Gasteiger charge is -2.63. The monoisotopic (exact) mass is 631 g/mol. The number of Topliss-reactive ketones (excluding diaryl/α,β-unsaturated/α-hetero) is 1. The largest absolute Gasteiger partial charge is 0.514 e. The van der Waals surface area contributed by atoms with Gasteiger partial charge in [-0.3, -0.25) is 19.7 Å². The molecule has 242 valence electrons. The standard InChI is InChI=1S/C32H35F2NO10/c1-4-5-27-44-26-14-20-21-13-23(33)22-12-18(36)10-11-29(22,2)31(21,34)24(37)15-30(20,3)32(26,45-27)25(38)16-42-28(39)43-19-8-6-17(7-9-19)35(40)41/h6-12,20-21,23-24,26-27,37H,4-5,13-16H2,1-3H3/t20-,21-,23-,24-,26?,27?,29-,30-,31-,32+/m0/s1. The van der Waals surface area contributed by atoms with Crippen molar-refractivity contribution in [3.8, 4) is 5.75 Å². The molecule has 4 fully saturated rings. The molecule has 0 aromatic heterocycles. The lowest BCUT2D eigenvalue weighted by Crippen LogP contribution is -2.71. The Morgan fingerprint density at radius 2 is 1.89 bits per heavy atom.